The van der Waals surface area contributed by atoms with Gasteiger partial charge in [0.25, 0.3) is 0 Å². The SMILES string of the molecule is COCCOCCOC(=O)Nc1cc(-c2cnoc2-c2cc(OC)c(OC)c(OC)c2)ccc1OC. The maximum atomic E-state index is 12.3. The molecular weight excluding hydrogens is 472 g/mol. The number of rotatable bonds is 13. The van der Waals surface area contributed by atoms with Crippen LogP contribution in [0.1, 0.15) is 0 Å². The number of hydrogen-bond donors (Lipinski definition) is 1. The summed E-state index contributed by atoms with van der Waals surface area (Å²) in [4.78, 5) is 12.3. The van der Waals surface area contributed by atoms with E-state index >= 15 is 0 Å². The molecule has 1 heterocycles. The van der Waals surface area contributed by atoms with Crippen LogP contribution >= 0.6 is 0 Å². The number of hydrogen-bond acceptors (Lipinski definition) is 10. The highest BCUT2D eigenvalue weighted by atomic mass is 16.6. The van der Waals surface area contributed by atoms with Gasteiger partial charge < -0.3 is 37.7 Å². The number of carbonyl (C=O) groups excluding carboxylic acids is 1. The van der Waals surface area contributed by atoms with E-state index in [1.807, 2.05) is 6.07 Å². The smallest absolute Gasteiger partial charge is 0.411 e. The van der Waals surface area contributed by atoms with Gasteiger partial charge in [0.15, 0.2) is 17.3 Å². The predicted molar refractivity (Wildman–Crippen MR) is 131 cm³/mol. The molecule has 1 amide bonds. The van der Waals surface area contributed by atoms with E-state index in [0.717, 1.165) is 5.56 Å². The van der Waals surface area contributed by atoms with Gasteiger partial charge >= 0.3 is 6.09 Å². The Morgan fingerprint density at radius 1 is 0.833 bits per heavy atom. The highest BCUT2D eigenvalue weighted by Gasteiger charge is 2.20. The normalized spacial score (nSPS) is 10.6. The minimum Gasteiger partial charge on any atom is -0.495 e. The molecule has 0 bridgehead atoms. The second kappa shape index (κ2) is 13.2. The number of amides is 1. The molecule has 36 heavy (non-hydrogen) atoms. The summed E-state index contributed by atoms with van der Waals surface area (Å²) in [6.07, 6.45) is 0.940. The number of anilines is 1. The summed E-state index contributed by atoms with van der Waals surface area (Å²) in [5.74, 6) is 2.34. The number of methoxy groups -OCH3 is 5. The summed E-state index contributed by atoms with van der Waals surface area (Å²) in [5, 5.41) is 6.68. The van der Waals surface area contributed by atoms with Crippen molar-refractivity contribution < 1.29 is 42.5 Å². The van der Waals surface area contributed by atoms with Gasteiger partial charge in [-0.2, -0.15) is 0 Å². The van der Waals surface area contributed by atoms with E-state index in [2.05, 4.69) is 10.5 Å². The molecule has 11 heteroatoms. The molecule has 0 unspecified atom stereocenters. The third kappa shape index (κ3) is 6.37. The van der Waals surface area contributed by atoms with Crippen molar-refractivity contribution in [2.75, 3.05) is 67.3 Å². The van der Waals surface area contributed by atoms with Crippen molar-refractivity contribution in [2.24, 2.45) is 0 Å². The van der Waals surface area contributed by atoms with E-state index < -0.39 is 6.09 Å². The van der Waals surface area contributed by atoms with Gasteiger partial charge in [-0.05, 0) is 29.8 Å². The summed E-state index contributed by atoms with van der Waals surface area (Å²) in [5.41, 5.74) is 2.47. The monoisotopic (exact) mass is 502 g/mol. The number of nitrogens with zero attached hydrogens (tertiary/aromatic N) is 1. The van der Waals surface area contributed by atoms with Crippen LogP contribution in [0.3, 0.4) is 0 Å². The Bertz CT molecular complexity index is 1120. The first kappa shape index (κ1) is 26.6. The molecule has 2 aromatic carbocycles. The van der Waals surface area contributed by atoms with Gasteiger partial charge in [0.2, 0.25) is 5.75 Å². The van der Waals surface area contributed by atoms with Gasteiger partial charge in [0, 0.05) is 18.2 Å². The average Bonchev–Trinajstić information content (AvgIpc) is 3.39. The lowest BCUT2D eigenvalue weighted by Gasteiger charge is -2.14. The number of aromatic nitrogens is 1. The first-order valence-electron chi connectivity index (χ1n) is 11.0. The fourth-order valence-corrected chi connectivity index (χ4v) is 3.42. The third-order valence-corrected chi connectivity index (χ3v) is 5.14. The molecule has 11 nitrogen and oxygen atoms in total. The van der Waals surface area contributed by atoms with Crippen LogP contribution in [0.15, 0.2) is 41.1 Å². The molecule has 194 valence electrons. The third-order valence-electron chi connectivity index (χ3n) is 5.14. The molecule has 3 aromatic rings. The minimum absolute atomic E-state index is 0.0918. The van der Waals surface area contributed by atoms with Crippen molar-refractivity contribution >= 4 is 11.8 Å². The fourth-order valence-electron chi connectivity index (χ4n) is 3.42. The minimum atomic E-state index is -0.643. The number of ether oxygens (including phenoxy) is 7. The number of benzene rings is 2. The molecule has 0 aliphatic heterocycles. The van der Waals surface area contributed by atoms with Gasteiger partial charge in [0.05, 0.1) is 60.1 Å². The molecule has 1 aromatic heterocycles. The Morgan fingerprint density at radius 2 is 1.53 bits per heavy atom. The van der Waals surface area contributed by atoms with Gasteiger partial charge in [-0.15, -0.1) is 0 Å². The van der Waals surface area contributed by atoms with E-state index in [1.54, 1.807) is 37.6 Å². The van der Waals surface area contributed by atoms with Crippen molar-refractivity contribution in [3.63, 3.8) is 0 Å². The Hall–Kier alpha value is -3.96. The molecule has 0 radical (unpaired) electrons. The Kier molecular flexibility index (Phi) is 9.78. The van der Waals surface area contributed by atoms with Gasteiger partial charge in [-0.3, -0.25) is 5.32 Å². The van der Waals surface area contributed by atoms with E-state index in [4.69, 9.17) is 37.7 Å². The lowest BCUT2D eigenvalue weighted by Crippen LogP contribution is -2.18. The maximum absolute atomic E-state index is 12.3. The molecule has 0 saturated carbocycles. The molecule has 0 saturated heterocycles. The Morgan fingerprint density at radius 3 is 2.17 bits per heavy atom. The summed E-state index contributed by atoms with van der Waals surface area (Å²) in [6, 6.07) is 8.82. The van der Waals surface area contributed by atoms with Crippen molar-refractivity contribution in [1.82, 2.24) is 5.16 Å². The quantitative estimate of drug-likeness (QED) is 0.340. The molecule has 1 N–H and O–H groups in total. The molecule has 3 rings (SSSR count). The zero-order chi connectivity index (χ0) is 25.9. The van der Waals surface area contributed by atoms with Gasteiger partial charge in [-0.25, -0.2) is 4.79 Å². The fraction of sp³-hybridized carbons (Fsp3) is 0.360. The van der Waals surface area contributed by atoms with Crippen molar-refractivity contribution in [3.05, 3.63) is 36.5 Å². The van der Waals surface area contributed by atoms with Crippen LogP contribution in [0.4, 0.5) is 10.5 Å². The van der Waals surface area contributed by atoms with Crippen LogP contribution in [0, 0.1) is 0 Å². The largest absolute Gasteiger partial charge is 0.495 e. The number of nitrogens with one attached hydrogen (secondary N) is 1. The summed E-state index contributed by atoms with van der Waals surface area (Å²) >= 11 is 0. The zero-order valence-electron chi connectivity index (χ0n) is 20.9. The first-order valence-corrected chi connectivity index (χ1v) is 11.0. The Balaban J connectivity index is 1.84. The molecular formula is C25H30N2O9. The van der Waals surface area contributed by atoms with E-state index in [0.29, 0.717) is 58.8 Å². The number of carbonyl (C=O) groups is 1. The molecule has 0 atom stereocenters. The molecule has 0 spiro atoms. The highest BCUT2D eigenvalue weighted by molar-refractivity contribution is 5.90. The van der Waals surface area contributed by atoms with Crippen LogP contribution in [-0.4, -0.2) is 73.2 Å². The van der Waals surface area contributed by atoms with E-state index in [9.17, 15) is 4.79 Å². The van der Waals surface area contributed by atoms with Crippen LogP contribution in [-0.2, 0) is 14.2 Å². The second-order valence-electron chi connectivity index (χ2n) is 7.26. The summed E-state index contributed by atoms with van der Waals surface area (Å²) in [7, 11) is 7.70. The van der Waals surface area contributed by atoms with Crippen molar-refractivity contribution in [2.45, 2.75) is 0 Å². The van der Waals surface area contributed by atoms with Crippen LogP contribution < -0.4 is 24.3 Å². The van der Waals surface area contributed by atoms with Gasteiger partial charge in [-0.1, -0.05) is 11.2 Å². The molecule has 0 fully saturated rings. The van der Waals surface area contributed by atoms with E-state index in [-0.39, 0.29) is 13.2 Å². The van der Waals surface area contributed by atoms with Crippen LogP contribution in [0.5, 0.6) is 23.0 Å². The lowest BCUT2D eigenvalue weighted by atomic mass is 10.0. The second-order valence-corrected chi connectivity index (χ2v) is 7.26. The maximum Gasteiger partial charge on any atom is 0.411 e. The zero-order valence-corrected chi connectivity index (χ0v) is 20.9. The Labute approximate surface area is 209 Å². The van der Waals surface area contributed by atoms with Gasteiger partial charge in [0.1, 0.15) is 12.4 Å². The highest BCUT2D eigenvalue weighted by Crippen LogP contribution is 2.44. The summed E-state index contributed by atoms with van der Waals surface area (Å²) < 4.78 is 42.7. The molecule has 0 aliphatic carbocycles. The lowest BCUT2D eigenvalue weighted by molar-refractivity contribution is 0.0447. The van der Waals surface area contributed by atoms with Crippen LogP contribution in [0.25, 0.3) is 22.5 Å². The average molecular weight is 503 g/mol. The summed E-state index contributed by atoms with van der Waals surface area (Å²) in [6.45, 7) is 1.24. The van der Waals surface area contributed by atoms with Crippen molar-refractivity contribution in [1.29, 1.82) is 0 Å². The van der Waals surface area contributed by atoms with Crippen LogP contribution in [0.2, 0.25) is 0 Å². The predicted octanol–water partition coefficient (Wildman–Crippen LogP) is 4.25. The molecule has 0 aliphatic rings. The topological polar surface area (TPSA) is 120 Å². The standard InChI is InChI=1S/C25H30N2O9/c1-29-8-9-34-10-11-35-25(28)27-19-12-16(6-7-20(19)30-2)18-15-26-36-23(18)17-13-21(31-3)24(33-5)22(14-17)32-4/h6-7,12-15H,8-11H2,1-5H3,(H,27,28). The van der Waals surface area contributed by atoms with E-state index in [1.165, 1.54) is 28.4 Å². The van der Waals surface area contributed by atoms with Crippen molar-refractivity contribution in [3.8, 4) is 45.4 Å². The first-order chi connectivity index (χ1) is 17.6.